The number of rotatable bonds is 5. The summed E-state index contributed by atoms with van der Waals surface area (Å²) in [5.41, 5.74) is 7.38. The Morgan fingerprint density at radius 3 is 2.25 bits per heavy atom. The van der Waals surface area contributed by atoms with Crippen LogP contribution in [0.5, 0.6) is 0 Å². The van der Waals surface area contributed by atoms with Crippen LogP contribution in [0.1, 0.15) is 50.5 Å². The maximum atomic E-state index is 12.3. The van der Waals surface area contributed by atoms with Gasteiger partial charge in [0.15, 0.2) is 0 Å². The lowest BCUT2D eigenvalue weighted by Crippen LogP contribution is -2.43. The van der Waals surface area contributed by atoms with E-state index < -0.39 is 12.6 Å². The summed E-state index contributed by atoms with van der Waals surface area (Å²) in [6, 6.07) is 9.87. The van der Waals surface area contributed by atoms with Crippen LogP contribution in [0.4, 0.5) is 13.2 Å². The second-order valence-electron chi connectivity index (χ2n) is 5.84. The standard InChI is InChI=1S/C16H22F3N/c17-16(18,19)12-6-9-14(20)15(10-4-5-11-15)13-7-2-1-3-8-13/h1-3,7-8,14H,4-6,9-12,20H2. The van der Waals surface area contributed by atoms with Crippen LogP contribution in [0.15, 0.2) is 30.3 Å². The molecule has 0 amide bonds. The molecule has 1 aliphatic rings. The Morgan fingerprint density at radius 1 is 1.10 bits per heavy atom. The minimum atomic E-state index is -4.07. The third-order valence-electron chi connectivity index (χ3n) is 4.53. The Bertz CT molecular complexity index is 407. The van der Waals surface area contributed by atoms with Gasteiger partial charge >= 0.3 is 6.18 Å². The van der Waals surface area contributed by atoms with Crippen LogP contribution in [0.2, 0.25) is 0 Å². The van der Waals surface area contributed by atoms with Crippen molar-refractivity contribution in [2.24, 2.45) is 5.73 Å². The Kier molecular flexibility index (Phi) is 4.74. The summed E-state index contributed by atoms with van der Waals surface area (Å²) in [7, 11) is 0. The summed E-state index contributed by atoms with van der Waals surface area (Å²) in [6.07, 6.45) is -0.0351. The third-order valence-corrected chi connectivity index (χ3v) is 4.53. The molecule has 0 spiro atoms. The van der Waals surface area contributed by atoms with E-state index in [9.17, 15) is 13.2 Å². The van der Waals surface area contributed by atoms with E-state index in [1.807, 2.05) is 18.2 Å². The Morgan fingerprint density at radius 2 is 1.70 bits per heavy atom. The summed E-state index contributed by atoms with van der Waals surface area (Å²) in [6.45, 7) is 0. The van der Waals surface area contributed by atoms with Crippen molar-refractivity contribution in [3.05, 3.63) is 35.9 Å². The zero-order chi connectivity index (χ0) is 14.6. The van der Waals surface area contributed by atoms with E-state index in [-0.39, 0.29) is 17.9 Å². The average Bonchev–Trinajstić information content (AvgIpc) is 2.89. The van der Waals surface area contributed by atoms with E-state index in [4.69, 9.17) is 5.73 Å². The maximum Gasteiger partial charge on any atom is 0.389 e. The molecule has 0 bridgehead atoms. The molecule has 1 nitrogen and oxygen atoms in total. The van der Waals surface area contributed by atoms with E-state index in [1.54, 1.807) is 0 Å². The summed E-state index contributed by atoms with van der Waals surface area (Å²) < 4.78 is 36.8. The molecule has 1 aliphatic carbocycles. The van der Waals surface area contributed by atoms with Crippen LogP contribution in [-0.4, -0.2) is 12.2 Å². The number of nitrogens with two attached hydrogens (primary N) is 1. The second-order valence-corrected chi connectivity index (χ2v) is 5.84. The van der Waals surface area contributed by atoms with Crippen LogP contribution in [0.25, 0.3) is 0 Å². The van der Waals surface area contributed by atoms with Gasteiger partial charge in [0.2, 0.25) is 0 Å². The molecule has 112 valence electrons. The molecule has 1 aromatic carbocycles. The minimum absolute atomic E-state index is 0.118. The SMILES string of the molecule is NC(CCCC(F)(F)F)C1(c2ccccc2)CCCC1. The summed E-state index contributed by atoms with van der Waals surface area (Å²) in [4.78, 5) is 0. The fraction of sp³-hybridized carbons (Fsp3) is 0.625. The fourth-order valence-corrected chi connectivity index (χ4v) is 3.45. The van der Waals surface area contributed by atoms with E-state index in [1.165, 1.54) is 5.56 Å². The van der Waals surface area contributed by atoms with Crippen LogP contribution in [-0.2, 0) is 5.41 Å². The molecular weight excluding hydrogens is 263 g/mol. The molecule has 0 heterocycles. The summed E-state index contributed by atoms with van der Waals surface area (Å²) in [5, 5.41) is 0. The molecule has 1 unspecified atom stereocenters. The highest BCUT2D eigenvalue weighted by atomic mass is 19.4. The van der Waals surface area contributed by atoms with Gasteiger partial charge in [0, 0.05) is 17.9 Å². The highest BCUT2D eigenvalue weighted by Crippen LogP contribution is 2.44. The van der Waals surface area contributed by atoms with E-state index >= 15 is 0 Å². The largest absolute Gasteiger partial charge is 0.389 e. The van der Waals surface area contributed by atoms with Crippen molar-refractivity contribution in [1.29, 1.82) is 0 Å². The highest BCUT2D eigenvalue weighted by molar-refractivity contribution is 5.29. The van der Waals surface area contributed by atoms with Crippen LogP contribution < -0.4 is 5.73 Å². The predicted molar refractivity (Wildman–Crippen MR) is 74.5 cm³/mol. The monoisotopic (exact) mass is 285 g/mol. The van der Waals surface area contributed by atoms with Gasteiger partial charge in [-0.3, -0.25) is 0 Å². The van der Waals surface area contributed by atoms with Gasteiger partial charge in [-0.25, -0.2) is 0 Å². The van der Waals surface area contributed by atoms with E-state index in [0.717, 1.165) is 25.7 Å². The lowest BCUT2D eigenvalue weighted by Gasteiger charge is -2.36. The molecule has 1 aromatic rings. The smallest absolute Gasteiger partial charge is 0.327 e. The molecule has 1 fully saturated rings. The lowest BCUT2D eigenvalue weighted by atomic mass is 9.71. The Balaban J connectivity index is 2.05. The number of benzene rings is 1. The fourth-order valence-electron chi connectivity index (χ4n) is 3.45. The average molecular weight is 285 g/mol. The first kappa shape index (κ1) is 15.4. The molecule has 1 atom stereocenters. The lowest BCUT2D eigenvalue weighted by molar-refractivity contribution is -0.135. The zero-order valence-electron chi connectivity index (χ0n) is 11.6. The van der Waals surface area contributed by atoms with Gasteiger partial charge in [0.05, 0.1) is 0 Å². The first-order chi connectivity index (χ1) is 9.44. The van der Waals surface area contributed by atoms with Gasteiger partial charge < -0.3 is 5.73 Å². The van der Waals surface area contributed by atoms with Crippen LogP contribution in [0.3, 0.4) is 0 Å². The van der Waals surface area contributed by atoms with E-state index in [0.29, 0.717) is 6.42 Å². The molecule has 0 aromatic heterocycles. The van der Waals surface area contributed by atoms with Gasteiger partial charge in [-0.05, 0) is 31.2 Å². The second kappa shape index (κ2) is 6.17. The number of hydrogen-bond acceptors (Lipinski definition) is 1. The molecular formula is C16H22F3N. The van der Waals surface area contributed by atoms with Gasteiger partial charge in [-0.1, -0.05) is 43.2 Å². The quantitative estimate of drug-likeness (QED) is 0.843. The Hall–Kier alpha value is -1.03. The summed E-state index contributed by atoms with van der Waals surface area (Å²) in [5.74, 6) is 0. The van der Waals surface area contributed by atoms with Gasteiger partial charge in [0.1, 0.15) is 0 Å². The van der Waals surface area contributed by atoms with Crippen molar-refractivity contribution >= 4 is 0 Å². The van der Waals surface area contributed by atoms with Crippen molar-refractivity contribution in [3.8, 4) is 0 Å². The minimum Gasteiger partial charge on any atom is -0.327 e. The van der Waals surface area contributed by atoms with Crippen molar-refractivity contribution < 1.29 is 13.2 Å². The van der Waals surface area contributed by atoms with Crippen LogP contribution >= 0.6 is 0 Å². The summed E-state index contributed by atoms with van der Waals surface area (Å²) >= 11 is 0. The molecule has 4 heteroatoms. The van der Waals surface area contributed by atoms with Gasteiger partial charge in [-0.15, -0.1) is 0 Å². The molecule has 2 rings (SSSR count). The molecule has 0 aliphatic heterocycles. The van der Waals surface area contributed by atoms with Crippen molar-refractivity contribution in [2.75, 3.05) is 0 Å². The highest BCUT2D eigenvalue weighted by Gasteiger charge is 2.41. The molecule has 0 saturated heterocycles. The van der Waals surface area contributed by atoms with Gasteiger partial charge in [0.25, 0.3) is 0 Å². The first-order valence-corrected chi connectivity index (χ1v) is 7.32. The van der Waals surface area contributed by atoms with Crippen LogP contribution in [0, 0.1) is 0 Å². The normalized spacial score (nSPS) is 20.0. The third kappa shape index (κ3) is 3.54. The van der Waals surface area contributed by atoms with E-state index in [2.05, 4.69) is 12.1 Å². The van der Waals surface area contributed by atoms with Gasteiger partial charge in [-0.2, -0.15) is 13.2 Å². The predicted octanol–water partition coefficient (Wildman–Crippen LogP) is 4.56. The van der Waals surface area contributed by atoms with Crippen molar-refractivity contribution in [2.45, 2.75) is 62.6 Å². The molecule has 0 radical (unpaired) electrons. The van der Waals surface area contributed by atoms with Crippen molar-refractivity contribution in [1.82, 2.24) is 0 Å². The number of alkyl halides is 3. The topological polar surface area (TPSA) is 26.0 Å². The maximum absolute atomic E-state index is 12.3. The number of halogens is 3. The first-order valence-electron chi connectivity index (χ1n) is 7.32. The Labute approximate surface area is 118 Å². The molecule has 20 heavy (non-hydrogen) atoms. The molecule has 1 saturated carbocycles. The van der Waals surface area contributed by atoms with Crippen molar-refractivity contribution in [3.63, 3.8) is 0 Å². The zero-order valence-corrected chi connectivity index (χ0v) is 11.6. The number of hydrogen-bond donors (Lipinski definition) is 1. The molecule has 2 N–H and O–H groups in total.